The van der Waals surface area contributed by atoms with Gasteiger partial charge in [-0.1, -0.05) is 29.4 Å². The van der Waals surface area contributed by atoms with E-state index >= 15 is 0 Å². The van der Waals surface area contributed by atoms with Gasteiger partial charge in [0.05, 0.1) is 11.4 Å². The van der Waals surface area contributed by atoms with Gasteiger partial charge in [0.1, 0.15) is 6.33 Å². The number of esters is 1. The summed E-state index contributed by atoms with van der Waals surface area (Å²) in [6.07, 6.45) is 3.86. The summed E-state index contributed by atoms with van der Waals surface area (Å²) in [5.41, 5.74) is 4.42. The fraction of sp³-hybridized carbons (Fsp3) is 0.364. The standard InChI is InChI=1S/C22H23ClN4O3S/c1-13-4-5-17(9-19(13)23)26-12-24-25-22(26)31-11-21(29)30-10-20(28)18-8-14(2)27(15(18)3)16-6-7-16/h4-5,8-9,12,16H,6-7,10-11H2,1-3H3. The van der Waals surface area contributed by atoms with Crippen LogP contribution in [0.25, 0.3) is 5.69 Å². The van der Waals surface area contributed by atoms with Gasteiger partial charge in [0, 0.05) is 28.0 Å². The molecule has 9 heteroatoms. The summed E-state index contributed by atoms with van der Waals surface area (Å²) in [7, 11) is 0. The van der Waals surface area contributed by atoms with Crippen molar-refractivity contribution in [2.75, 3.05) is 12.4 Å². The number of hydrogen-bond acceptors (Lipinski definition) is 6. The molecule has 0 saturated heterocycles. The molecule has 0 amide bonds. The number of thioether (sulfide) groups is 1. The first-order valence-electron chi connectivity index (χ1n) is 10.0. The number of nitrogens with zero attached hydrogens (tertiary/aromatic N) is 4. The molecular weight excluding hydrogens is 436 g/mol. The van der Waals surface area contributed by atoms with Crippen LogP contribution in [0.2, 0.25) is 5.02 Å². The zero-order valence-electron chi connectivity index (χ0n) is 17.6. The molecule has 3 aromatic rings. The van der Waals surface area contributed by atoms with Crippen LogP contribution in [0, 0.1) is 20.8 Å². The molecule has 1 aliphatic rings. The Labute approximate surface area is 189 Å². The Kier molecular flexibility index (Phi) is 6.20. The van der Waals surface area contributed by atoms with Gasteiger partial charge in [0.25, 0.3) is 0 Å². The van der Waals surface area contributed by atoms with Gasteiger partial charge < -0.3 is 9.30 Å². The van der Waals surface area contributed by atoms with E-state index in [1.54, 1.807) is 10.9 Å². The summed E-state index contributed by atoms with van der Waals surface area (Å²) >= 11 is 7.40. The number of ketones is 1. The van der Waals surface area contributed by atoms with Gasteiger partial charge in [-0.2, -0.15) is 0 Å². The number of ether oxygens (including phenoxy) is 1. The minimum absolute atomic E-state index is 0.0205. The van der Waals surface area contributed by atoms with Crippen molar-refractivity contribution in [3.05, 3.63) is 58.1 Å². The van der Waals surface area contributed by atoms with E-state index in [9.17, 15) is 9.59 Å². The van der Waals surface area contributed by atoms with Gasteiger partial charge in [-0.05, 0) is 57.4 Å². The lowest BCUT2D eigenvalue weighted by atomic mass is 10.1. The van der Waals surface area contributed by atoms with Crippen LogP contribution >= 0.6 is 23.4 Å². The highest BCUT2D eigenvalue weighted by Crippen LogP contribution is 2.38. The number of aromatic nitrogens is 4. The molecule has 0 spiro atoms. The van der Waals surface area contributed by atoms with E-state index in [4.69, 9.17) is 16.3 Å². The second kappa shape index (κ2) is 8.88. The SMILES string of the molecule is Cc1ccc(-n2cnnc2SCC(=O)OCC(=O)c2cc(C)n(C3CC3)c2C)cc1Cl. The van der Waals surface area contributed by atoms with Crippen molar-refractivity contribution in [1.82, 2.24) is 19.3 Å². The van der Waals surface area contributed by atoms with Gasteiger partial charge in [-0.15, -0.1) is 10.2 Å². The molecule has 31 heavy (non-hydrogen) atoms. The van der Waals surface area contributed by atoms with E-state index in [0.717, 1.165) is 35.5 Å². The van der Waals surface area contributed by atoms with Gasteiger partial charge in [0.15, 0.2) is 11.8 Å². The van der Waals surface area contributed by atoms with Crippen molar-refractivity contribution in [3.63, 3.8) is 0 Å². The third kappa shape index (κ3) is 4.70. The van der Waals surface area contributed by atoms with E-state index in [1.165, 1.54) is 11.8 Å². The summed E-state index contributed by atoms with van der Waals surface area (Å²) in [4.78, 5) is 24.8. The maximum absolute atomic E-state index is 12.6. The van der Waals surface area contributed by atoms with Crippen LogP contribution in [0.3, 0.4) is 0 Å². The largest absolute Gasteiger partial charge is 0.457 e. The zero-order valence-corrected chi connectivity index (χ0v) is 19.2. The Morgan fingerprint density at radius 1 is 1.23 bits per heavy atom. The smallest absolute Gasteiger partial charge is 0.316 e. The number of carbonyl (C=O) groups is 2. The summed E-state index contributed by atoms with van der Waals surface area (Å²) in [5, 5.41) is 9.16. The molecule has 1 fully saturated rings. The fourth-order valence-electron chi connectivity index (χ4n) is 3.57. The molecule has 162 valence electrons. The lowest BCUT2D eigenvalue weighted by molar-refractivity contribution is -0.139. The second-order valence-corrected chi connectivity index (χ2v) is 9.03. The van der Waals surface area contributed by atoms with E-state index in [2.05, 4.69) is 14.8 Å². The number of rotatable bonds is 8. The summed E-state index contributed by atoms with van der Waals surface area (Å²) in [6.45, 7) is 5.60. The Balaban J connectivity index is 1.33. The van der Waals surface area contributed by atoms with E-state index in [-0.39, 0.29) is 18.1 Å². The van der Waals surface area contributed by atoms with E-state index in [1.807, 2.05) is 45.0 Å². The first-order chi connectivity index (χ1) is 14.8. The average molecular weight is 459 g/mol. The Hall–Kier alpha value is -2.58. The summed E-state index contributed by atoms with van der Waals surface area (Å²) in [6, 6.07) is 8.02. The van der Waals surface area contributed by atoms with E-state index < -0.39 is 5.97 Å². The quantitative estimate of drug-likeness (QED) is 0.281. The van der Waals surface area contributed by atoms with Crippen molar-refractivity contribution in [2.24, 2.45) is 0 Å². The number of carbonyl (C=O) groups excluding carboxylic acids is 2. The predicted molar refractivity (Wildman–Crippen MR) is 119 cm³/mol. The average Bonchev–Trinajstić information content (AvgIpc) is 3.37. The molecule has 2 heterocycles. The number of aryl methyl sites for hydroxylation is 2. The molecule has 0 bridgehead atoms. The van der Waals surface area contributed by atoms with Crippen molar-refractivity contribution < 1.29 is 14.3 Å². The van der Waals surface area contributed by atoms with Crippen LogP contribution in [-0.2, 0) is 9.53 Å². The van der Waals surface area contributed by atoms with Crippen molar-refractivity contribution in [1.29, 1.82) is 0 Å². The molecule has 1 aliphatic carbocycles. The minimum atomic E-state index is -0.481. The van der Waals surface area contributed by atoms with Crippen LogP contribution in [0.15, 0.2) is 35.7 Å². The maximum atomic E-state index is 12.6. The van der Waals surface area contributed by atoms with Gasteiger partial charge in [0.2, 0.25) is 5.78 Å². The fourth-order valence-corrected chi connectivity index (χ4v) is 4.48. The van der Waals surface area contributed by atoms with Crippen LogP contribution < -0.4 is 0 Å². The number of benzene rings is 1. The molecule has 0 atom stereocenters. The highest BCUT2D eigenvalue weighted by Gasteiger charge is 2.28. The molecule has 4 rings (SSSR count). The van der Waals surface area contributed by atoms with Crippen molar-refractivity contribution in [3.8, 4) is 5.69 Å². The third-order valence-corrected chi connectivity index (χ3v) is 6.65. The summed E-state index contributed by atoms with van der Waals surface area (Å²) < 4.78 is 9.17. The zero-order chi connectivity index (χ0) is 22.1. The summed E-state index contributed by atoms with van der Waals surface area (Å²) in [5.74, 6) is -0.645. The normalized spacial score (nSPS) is 13.4. The lowest BCUT2D eigenvalue weighted by Crippen LogP contribution is -2.16. The maximum Gasteiger partial charge on any atom is 0.316 e. The molecule has 0 aliphatic heterocycles. The van der Waals surface area contributed by atoms with Gasteiger partial charge in [-0.3, -0.25) is 14.2 Å². The van der Waals surface area contributed by atoms with Crippen molar-refractivity contribution in [2.45, 2.75) is 44.8 Å². The lowest BCUT2D eigenvalue weighted by Gasteiger charge is -2.09. The van der Waals surface area contributed by atoms with Crippen LogP contribution in [-0.4, -0.2) is 43.4 Å². The molecule has 0 N–H and O–H groups in total. The van der Waals surface area contributed by atoms with Crippen LogP contribution in [0.4, 0.5) is 0 Å². The monoisotopic (exact) mass is 458 g/mol. The molecular formula is C22H23ClN4O3S. The molecule has 2 aromatic heterocycles. The van der Waals surface area contributed by atoms with Crippen LogP contribution in [0.5, 0.6) is 0 Å². The van der Waals surface area contributed by atoms with Crippen LogP contribution in [0.1, 0.15) is 46.2 Å². The first kappa shape index (κ1) is 21.6. The number of halogens is 1. The van der Waals surface area contributed by atoms with Crippen molar-refractivity contribution >= 4 is 35.1 Å². The highest BCUT2D eigenvalue weighted by atomic mass is 35.5. The molecule has 7 nitrogen and oxygen atoms in total. The molecule has 1 aromatic carbocycles. The molecule has 0 radical (unpaired) electrons. The Bertz CT molecular complexity index is 1150. The predicted octanol–water partition coefficient (Wildman–Crippen LogP) is 4.50. The number of hydrogen-bond donors (Lipinski definition) is 0. The van der Waals surface area contributed by atoms with Gasteiger partial charge >= 0.3 is 5.97 Å². The van der Waals surface area contributed by atoms with Gasteiger partial charge in [-0.25, -0.2) is 0 Å². The Morgan fingerprint density at radius 3 is 2.71 bits per heavy atom. The second-order valence-electron chi connectivity index (χ2n) is 7.68. The first-order valence-corrected chi connectivity index (χ1v) is 11.4. The highest BCUT2D eigenvalue weighted by molar-refractivity contribution is 7.99. The molecule has 0 unspecified atom stereocenters. The minimum Gasteiger partial charge on any atom is -0.457 e. The molecule has 1 saturated carbocycles. The third-order valence-electron chi connectivity index (χ3n) is 5.33. The topological polar surface area (TPSA) is 79.0 Å². The van der Waals surface area contributed by atoms with E-state index in [0.29, 0.717) is 21.8 Å². The Morgan fingerprint density at radius 2 is 2.00 bits per heavy atom. The number of Topliss-reactive ketones (excluding diaryl/α,β-unsaturated/α-hetero) is 1.